The summed E-state index contributed by atoms with van der Waals surface area (Å²) in [6, 6.07) is 0. The van der Waals surface area contributed by atoms with Gasteiger partial charge in [-0.15, -0.1) is 0 Å². The second kappa shape index (κ2) is 19.6. The fourth-order valence-corrected chi connectivity index (χ4v) is 2.13. The molecule has 0 radical (unpaired) electrons. The highest BCUT2D eigenvalue weighted by molar-refractivity contribution is 5.89. The zero-order valence-electron chi connectivity index (χ0n) is 15.0. The predicted octanol–water partition coefficient (Wildman–Crippen LogP) is 3.33. The number of carboxylic acid groups (broad SMARTS) is 2. The number of carboxylic acids is 2. The molecule has 0 fully saturated rings. The standard InChI is InChI=1S/C14H31NO.C4H4O4/c1-2-3-4-5-6-7-8-9-10-11-12-14(16)13-15;5-3(6)1-2-4(7)8/h14,16H,2-13,15H2,1H3;1-2H,(H,5,6)(H,7,8)/b;2-1-. The van der Waals surface area contributed by atoms with Crippen LogP contribution in [0.25, 0.3) is 0 Å². The molecule has 6 heteroatoms. The number of aliphatic carboxylic acids is 2. The SMILES string of the molecule is CCCCCCCCCCCCC(O)CN.O=C(O)/C=C\C(=O)O. The summed E-state index contributed by atoms with van der Waals surface area (Å²) in [6.07, 6.45) is 15.2. The Morgan fingerprint density at radius 1 is 0.833 bits per heavy atom. The molecule has 0 aliphatic rings. The molecule has 0 spiro atoms. The lowest BCUT2D eigenvalue weighted by Crippen LogP contribution is -2.19. The molecule has 1 atom stereocenters. The molecule has 0 saturated carbocycles. The first kappa shape index (κ1) is 24.8. The Labute approximate surface area is 145 Å². The van der Waals surface area contributed by atoms with Crippen LogP contribution in [0.3, 0.4) is 0 Å². The van der Waals surface area contributed by atoms with Gasteiger partial charge >= 0.3 is 11.9 Å². The maximum atomic E-state index is 9.55. The minimum absolute atomic E-state index is 0.269. The normalized spacial score (nSPS) is 11.8. The molecule has 0 rings (SSSR count). The van der Waals surface area contributed by atoms with Crippen molar-refractivity contribution in [1.82, 2.24) is 0 Å². The van der Waals surface area contributed by atoms with E-state index in [1.807, 2.05) is 0 Å². The Balaban J connectivity index is 0. The molecule has 0 aromatic rings. The first-order valence-corrected chi connectivity index (χ1v) is 8.96. The Bertz CT molecular complexity index is 315. The maximum Gasteiger partial charge on any atom is 0.328 e. The third-order valence-corrected chi connectivity index (χ3v) is 3.53. The van der Waals surface area contributed by atoms with E-state index in [1.165, 1.54) is 57.8 Å². The highest BCUT2D eigenvalue weighted by atomic mass is 16.4. The summed E-state index contributed by atoms with van der Waals surface area (Å²) in [7, 11) is 0. The Morgan fingerprint density at radius 2 is 1.21 bits per heavy atom. The van der Waals surface area contributed by atoms with Gasteiger partial charge in [-0.1, -0.05) is 71.1 Å². The van der Waals surface area contributed by atoms with Gasteiger partial charge in [0.1, 0.15) is 0 Å². The van der Waals surface area contributed by atoms with Crippen LogP contribution in [0.2, 0.25) is 0 Å². The molecule has 0 aromatic carbocycles. The van der Waals surface area contributed by atoms with Gasteiger partial charge in [-0.25, -0.2) is 9.59 Å². The molecule has 5 N–H and O–H groups in total. The molecule has 0 amide bonds. The van der Waals surface area contributed by atoms with E-state index >= 15 is 0 Å². The van der Waals surface area contributed by atoms with E-state index in [9.17, 15) is 14.7 Å². The third-order valence-electron chi connectivity index (χ3n) is 3.53. The summed E-state index contributed by atoms with van der Waals surface area (Å²) in [4.78, 5) is 19.1. The van der Waals surface area contributed by atoms with E-state index in [0.717, 1.165) is 12.8 Å². The van der Waals surface area contributed by atoms with Crippen molar-refractivity contribution in [2.75, 3.05) is 6.54 Å². The Morgan fingerprint density at radius 3 is 1.54 bits per heavy atom. The number of unbranched alkanes of at least 4 members (excludes halogenated alkanes) is 9. The lowest BCUT2D eigenvalue weighted by Gasteiger charge is -2.06. The molecule has 1 unspecified atom stereocenters. The first-order valence-electron chi connectivity index (χ1n) is 8.96. The van der Waals surface area contributed by atoms with E-state index in [1.54, 1.807) is 0 Å². The molecule has 0 bridgehead atoms. The quantitative estimate of drug-likeness (QED) is 0.283. The second-order valence-electron chi connectivity index (χ2n) is 5.87. The van der Waals surface area contributed by atoms with Crippen LogP contribution in [0.5, 0.6) is 0 Å². The summed E-state index contributed by atoms with van der Waals surface area (Å²) >= 11 is 0. The van der Waals surface area contributed by atoms with Gasteiger partial charge in [0, 0.05) is 18.7 Å². The van der Waals surface area contributed by atoms with E-state index in [2.05, 4.69) is 6.92 Å². The van der Waals surface area contributed by atoms with Gasteiger partial charge in [0.25, 0.3) is 0 Å². The molecule has 142 valence electrons. The van der Waals surface area contributed by atoms with Crippen molar-refractivity contribution < 1.29 is 24.9 Å². The van der Waals surface area contributed by atoms with E-state index in [4.69, 9.17) is 15.9 Å². The number of rotatable bonds is 14. The van der Waals surface area contributed by atoms with E-state index in [-0.39, 0.29) is 6.10 Å². The molecule has 0 aliphatic heterocycles. The fraction of sp³-hybridized carbons (Fsp3) is 0.778. The molecule has 0 aliphatic carbocycles. The van der Waals surface area contributed by atoms with E-state index < -0.39 is 11.9 Å². The van der Waals surface area contributed by atoms with Gasteiger partial charge in [0.15, 0.2) is 0 Å². The van der Waals surface area contributed by atoms with Crippen LogP contribution in [-0.2, 0) is 9.59 Å². The zero-order chi connectivity index (χ0) is 18.6. The van der Waals surface area contributed by atoms with Crippen LogP contribution in [0.15, 0.2) is 12.2 Å². The smallest absolute Gasteiger partial charge is 0.328 e. The highest BCUT2D eigenvalue weighted by Gasteiger charge is 1.99. The molecular formula is C18H35NO5. The van der Waals surface area contributed by atoms with Crippen LogP contribution in [-0.4, -0.2) is 39.9 Å². The van der Waals surface area contributed by atoms with Gasteiger partial charge in [-0.3, -0.25) is 0 Å². The van der Waals surface area contributed by atoms with Gasteiger partial charge in [0.05, 0.1) is 6.10 Å². The summed E-state index contributed by atoms with van der Waals surface area (Å²) in [6.45, 7) is 2.67. The van der Waals surface area contributed by atoms with E-state index in [0.29, 0.717) is 18.7 Å². The van der Waals surface area contributed by atoms with Crippen molar-refractivity contribution in [3.63, 3.8) is 0 Å². The van der Waals surface area contributed by atoms with Crippen LogP contribution < -0.4 is 5.73 Å². The van der Waals surface area contributed by atoms with Gasteiger partial charge in [-0.2, -0.15) is 0 Å². The predicted molar refractivity (Wildman–Crippen MR) is 95.9 cm³/mol. The summed E-state index contributed by atoms with van der Waals surface area (Å²) in [5.41, 5.74) is 5.34. The number of hydrogen-bond acceptors (Lipinski definition) is 4. The van der Waals surface area contributed by atoms with Gasteiger partial charge < -0.3 is 21.1 Å². The topological polar surface area (TPSA) is 121 Å². The minimum Gasteiger partial charge on any atom is -0.478 e. The van der Waals surface area contributed by atoms with Crippen molar-refractivity contribution in [3.05, 3.63) is 12.2 Å². The monoisotopic (exact) mass is 345 g/mol. The number of nitrogens with two attached hydrogens (primary N) is 1. The zero-order valence-corrected chi connectivity index (χ0v) is 15.0. The third kappa shape index (κ3) is 25.5. The molecular weight excluding hydrogens is 310 g/mol. The van der Waals surface area contributed by atoms with Crippen LogP contribution in [0.1, 0.15) is 77.6 Å². The summed E-state index contributed by atoms with van der Waals surface area (Å²) in [5, 5.41) is 24.9. The van der Waals surface area contributed by atoms with Crippen LogP contribution in [0, 0.1) is 0 Å². The summed E-state index contributed by atoms with van der Waals surface area (Å²) < 4.78 is 0. The number of hydrogen-bond donors (Lipinski definition) is 4. The Kier molecular flexibility index (Phi) is 20.3. The molecule has 24 heavy (non-hydrogen) atoms. The van der Waals surface area contributed by atoms with Crippen molar-refractivity contribution in [1.29, 1.82) is 0 Å². The van der Waals surface area contributed by atoms with Crippen molar-refractivity contribution in [2.24, 2.45) is 5.73 Å². The van der Waals surface area contributed by atoms with Crippen molar-refractivity contribution >= 4 is 11.9 Å². The maximum absolute atomic E-state index is 9.55. The van der Waals surface area contributed by atoms with Crippen molar-refractivity contribution in [3.8, 4) is 0 Å². The average Bonchev–Trinajstić information content (AvgIpc) is 2.55. The van der Waals surface area contributed by atoms with Gasteiger partial charge in [-0.05, 0) is 6.42 Å². The summed E-state index contributed by atoms with van der Waals surface area (Å²) in [5.74, 6) is -2.51. The average molecular weight is 345 g/mol. The van der Waals surface area contributed by atoms with Crippen LogP contribution >= 0.6 is 0 Å². The largest absolute Gasteiger partial charge is 0.478 e. The highest BCUT2D eigenvalue weighted by Crippen LogP contribution is 2.11. The first-order chi connectivity index (χ1) is 11.4. The molecule has 6 nitrogen and oxygen atoms in total. The number of aliphatic hydroxyl groups excluding tert-OH is 1. The lowest BCUT2D eigenvalue weighted by atomic mass is 10.0. The van der Waals surface area contributed by atoms with Gasteiger partial charge in [0.2, 0.25) is 0 Å². The molecule has 0 saturated heterocycles. The fourth-order valence-electron chi connectivity index (χ4n) is 2.13. The second-order valence-corrected chi connectivity index (χ2v) is 5.87. The number of carbonyl (C=O) groups is 2. The van der Waals surface area contributed by atoms with Crippen molar-refractivity contribution in [2.45, 2.75) is 83.7 Å². The molecule has 0 aromatic heterocycles. The molecule has 0 heterocycles. The number of aliphatic hydroxyl groups is 1. The minimum atomic E-state index is -1.26. The Hall–Kier alpha value is -1.40. The van der Waals surface area contributed by atoms with Crippen LogP contribution in [0.4, 0.5) is 0 Å². The lowest BCUT2D eigenvalue weighted by molar-refractivity contribution is -0.134.